The summed E-state index contributed by atoms with van der Waals surface area (Å²) >= 11 is 0. The van der Waals surface area contributed by atoms with E-state index in [1.165, 1.54) is 6.34 Å². The third kappa shape index (κ3) is 5.97. The van der Waals surface area contributed by atoms with Crippen molar-refractivity contribution in [1.82, 2.24) is 15.3 Å². The Hall–Kier alpha value is -3.13. The first kappa shape index (κ1) is 23.5. The van der Waals surface area contributed by atoms with Crippen molar-refractivity contribution >= 4 is 18.2 Å². The molecular weight excluding hydrogens is 406 g/mol. The number of aryl methyl sites for hydroxylation is 1. The summed E-state index contributed by atoms with van der Waals surface area (Å²) in [5.41, 5.74) is 5.39. The Balaban J connectivity index is 1.58. The Bertz CT molecular complexity index is 932. The van der Waals surface area contributed by atoms with Gasteiger partial charge in [-0.3, -0.25) is 5.41 Å². The second kappa shape index (κ2) is 9.99. The van der Waals surface area contributed by atoms with Crippen LogP contribution in [0.3, 0.4) is 0 Å². The second-order valence-electron chi connectivity index (χ2n) is 8.83. The average molecular weight is 440 g/mol. The fourth-order valence-electron chi connectivity index (χ4n) is 3.62. The Morgan fingerprint density at radius 3 is 2.38 bits per heavy atom. The molecule has 1 amide bonds. The number of hydrogen-bond donors (Lipinski definition) is 2. The van der Waals surface area contributed by atoms with E-state index < -0.39 is 5.60 Å². The van der Waals surface area contributed by atoms with Crippen LogP contribution in [0.1, 0.15) is 39.3 Å². The van der Waals surface area contributed by atoms with E-state index in [0.29, 0.717) is 18.9 Å². The van der Waals surface area contributed by atoms with Crippen LogP contribution in [0.2, 0.25) is 0 Å². The predicted molar refractivity (Wildman–Crippen MR) is 126 cm³/mol. The number of hydrazine groups is 1. The molecule has 32 heavy (non-hydrogen) atoms. The Labute approximate surface area is 190 Å². The van der Waals surface area contributed by atoms with Crippen LogP contribution in [-0.4, -0.2) is 54.2 Å². The molecule has 8 nitrogen and oxygen atoms in total. The van der Waals surface area contributed by atoms with Crippen molar-refractivity contribution in [2.24, 2.45) is 0 Å². The minimum Gasteiger partial charge on any atom is -0.490 e. The number of anilines is 1. The normalized spacial score (nSPS) is 14.7. The van der Waals surface area contributed by atoms with Crippen molar-refractivity contribution in [3.05, 3.63) is 42.1 Å². The quantitative estimate of drug-likeness (QED) is 0.394. The molecule has 1 fully saturated rings. The molecule has 0 bridgehead atoms. The van der Waals surface area contributed by atoms with Gasteiger partial charge in [0.1, 0.15) is 29.6 Å². The van der Waals surface area contributed by atoms with Crippen LogP contribution < -0.4 is 15.2 Å². The molecule has 1 aliphatic rings. The maximum atomic E-state index is 12.2. The summed E-state index contributed by atoms with van der Waals surface area (Å²) in [5, 5.41) is 8.98. The first-order valence-corrected chi connectivity index (χ1v) is 10.9. The SMILES string of the molecule is CNN(C=N)c1ccc(-c2ccc(OC3CCN(C(=O)OC(C)(C)C)CC3)cc2)c(C)n1. The zero-order chi connectivity index (χ0) is 23.3. The van der Waals surface area contributed by atoms with Gasteiger partial charge in [-0.25, -0.2) is 20.2 Å². The molecule has 1 saturated heterocycles. The lowest BCUT2D eigenvalue weighted by Gasteiger charge is -2.33. The van der Waals surface area contributed by atoms with Gasteiger partial charge in [0.05, 0.1) is 0 Å². The van der Waals surface area contributed by atoms with Crippen LogP contribution in [0.15, 0.2) is 36.4 Å². The molecule has 1 aromatic heterocycles. The molecule has 2 heterocycles. The molecule has 0 atom stereocenters. The number of hydrogen-bond acceptors (Lipinski definition) is 6. The van der Waals surface area contributed by atoms with Crippen molar-refractivity contribution in [3.63, 3.8) is 0 Å². The topological polar surface area (TPSA) is 90.8 Å². The largest absolute Gasteiger partial charge is 0.490 e. The number of ether oxygens (including phenoxy) is 2. The fraction of sp³-hybridized carbons (Fsp3) is 0.458. The molecule has 1 aromatic carbocycles. The number of pyridine rings is 1. The molecule has 2 aromatic rings. The summed E-state index contributed by atoms with van der Waals surface area (Å²) in [5.74, 6) is 1.48. The molecule has 0 radical (unpaired) electrons. The third-order valence-electron chi connectivity index (χ3n) is 5.25. The summed E-state index contributed by atoms with van der Waals surface area (Å²) in [6.07, 6.45) is 2.57. The third-order valence-corrected chi connectivity index (χ3v) is 5.25. The van der Waals surface area contributed by atoms with Crippen LogP contribution in [-0.2, 0) is 4.74 Å². The van der Waals surface area contributed by atoms with Crippen LogP contribution in [0.25, 0.3) is 11.1 Å². The number of piperidine rings is 1. The number of rotatable bonds is 6. The molecule has 3 rings (SSSR count). The molecule has 8 heteroatoms. The van der Waals surface area contributed by atoms with Crippen molar-refractivity contribution in [3.8, 4) is 16.9 Å². The molecule has 0 saturated carbocycles. The highest BCUT2D eigenvalue weighted by atomic mass is 16.6. The first-order valence-electron chi connectivity index (χ1n) is 10.9. The van der Waals surface area contributed by atoms with Gasteiger partial charge in [-0.1, -0.05) is 12.1 Å². The second-order valence-corrected chi connectivity index (χ2v) is 8.83. The highest BCUT2D eigenvalue weighted by Crippen LogP contribution is 2.27. The smallest absolute Gasteiger partial charge is 0.410 e. The molecule has 172 valence electrons. The summed E-state index contributed by atoms with van der Waals surface area (Å²) in [7, 11) is 1.75. The van der Waals surface area contributed by atoms with E-state index in [1.54, 1.807) is 17.0 Å². The Kier molecular flexibility index (Phi) is 7.35. The average Bonchev–Trinajstić information content (AvgIpc) is 2.75. The number of carbonyl (C=O) groups is 1. The zero-order valence-corrected chi connectivity index (χ0v) is 19.5. The van der Waals surface area contributed by atoms with E-state index >= 15 is 0 Å². The maximum absolute atomic E-state index is 12.2. The lowest BCUT2D eigenvalue weighted by molar-refractivity contribution is 0.0126. The van der Waals surface area contributed by atoms with Gasteiger partial charge in [0.2, 0.25) is 0 Å². The minimum absolute atomic E-state index is 0.0795. The van der Waals surface area contributed by atoms with E-state index in [2.05, 4.69) is 10.4 Å². The highest BCUT2D eigenvalue weighted by molar-refractivity contribution is 5.75. The maximum Gasteiger partial charge on any atom is 0.410 e. The number of amides is 1. The van der Waals surface area contributed by atoms with Gasteiger partial charge in [0, 0.05) is 44.2 Å². The lowest BCUT2D eigenvalue weighted by atomic mass is 10.0. The van der Waals surface area contributed by atoms with E-state index in [9.17, 15) is 4.79 Å². The Morgan fingerprint density at radius 1 is 1.19 bits per heavy atom. The molecule has 0 unspecified atom stereocenters. The highest BCUT2D eigenvalue weighted by Gasteiger charge is 2.27. The number of benzene rings is 1. The summed E-state index contributed by atoms with van der Waals surface area (Å²) in [6, 6.07) is 11.9. The minimum atomic E-state index is -0.479. The van der Waals surface area contributed by atoms with E-state index in [0.717, 1.165) is 35.4 Å². The summed E-state index contributed by atoms with van der Waals surface area (Å²) in [4.78, 5) is 18.6. The number of nitrogens with zero attached hydrogens (tertiary/aromatic N) is 3. The van der Waals surface area contributed by atoms with Crippen molar-refractivity contribution in [2.45, 2.75) is 52.2 Å². The van der Waals surface area contributed by atoms with Crippen LogP contribution >= 0.6 is 0 Å². The van der Waals surface area contributed by atoms with Crippen LogP contribution in [0.5, 0.6) is 5.75 Å². The van der Waals surface area contributed by atoms with E-state index in [1.807, 2.05) is 64.1 Å². The van der Waals surface area contributed by atoms with Gasteiger partial charge in [0.25, 0.3) is 0 Å². The molecule has 1 aliphatic heterocycles. The van der Waals surface area contributed by atoms with Crippen molar-refractivity contribution < 1.29 is 14.3 Å². The Morgan fingerprint density at radius 2 is 1.84 bits per heavy atom. The standard InChI is InChI=1S/C24H33N5O3/c1-17-21(10-11-22(27-17)29(16-25)26-5)18-6-8-19(9-7-18)31-20-12-14-28(15-13-20)23(30)32-24(2,3)4/h6-11,16,20,25-26H,12-15H2,1-5H3. The number of carbonyl (C=O) groups excluding carboxylic acids is 1. The van der Waals surface area contributed by atoms with Gasteiger partial charge < -0.3 is 14.4 Å². The van der Waals surface area contributed by atoms with E-state index in [-0.39, 0.29) is 12.2 Å². The number of nitrogens with one attached hydrogen (secondary N) is 2. The van der Waals surface area contributed by atoms with Gasteiger partial charge in [-0.15, -0.1) is 0 Å². The zero-order valence-electron chi connectivity index (χ0n) is 19.5. The van der Waals surface area contributed by atoms with Crippen molar-refractivity contribution in [1.29, 1.82) is 5.41 Å². The van der Waals surface area contributed by atoms with Gasteiger partial charge in [-0.2, -0.15) is 0 Å². The van der Waals surface area contributed by atoms with E-state index in [4.69, 9.17) is 14.9 Å². The summed E-state index contributed by atoms with van der Waals surface area (Å²) in [6.45, 7) is 8.86. The summed E-state index contributed by atoms with van der Waals surface area (Å²) < 4.78 is 11.6. The molecule has 0 aliphatic carbocycles. The molecule has 2 N–H and O–H groups in total. The monoisotopic (exact) mass is 439 g/mol. The lowest BCUT2D eigenvalue weighted by Crippen LogP contribution is -2.44. The first-order chi connectivity index (χ1) is 15.2. The fourth-order valence-corrected chi connectivity index (χ4v) is 3.62. The number of aromatic nitrogens is 1. The van der Waals surface area contributed by atoms with Gasteiger partial charge >= 0.3 is 6.09 Å². The number of likely N-dealkylation sites (tertiary alicyclic amines) is 1. The van der Waals surface area contributed by atoms with Gasteiger partial charge in [-0.05, 0) is 57.5 Å². The molecular formula is C24H33N5O3. The van der Waals surface area contributed by atoms with Crippen LogP contribution in [0.4, 0.5) is 10.6 Å². The van der Waals surface area contributed by atoms with Gasteiger partial charge in [0.15, 0.2) is 0 Å². The predicted octanol–water partition coefficient (Wildman–Crippen LogP) is 4.38. The van der Waals surface area contributed by atoms with Crippen LogP contribution in [0, 0.1) is 12.3 Å². The molecule has 0 spiro atoms. The van der Waals surface area contributed by atoms with Crippen molar-refractivity contribution in [2.75, 3.05) is 25.1 Å².